The summed E-state index contributed by atoms with van der Waals surface area (Å²) in [6, 6.07) is 11.7. The minimum atomic E-state index is -1.43. The lowest BCUT2D eigenvalue weighted by Gasteiger charge is -2.24. The number of nitrogens with one attached hydrogen (secondary N) is 1. The van der Waals surface area contributed by atoms with Crippen molar-refractivity contribution in [2.45, 2.75) is 25.2 Å². The molecule has 0 bridgehead atoms. The molecule has 5 rings (SSSR count). The van der Waals surface area contributed by atoms with Gasteiger partial charge < -0.3 is 16.0 Å². The number of nitrogens with zero attached hydrogens (tertiary/aromatic N) is 3. The molecule has 3 N–H and O–H groups in total. The normalized spacial score (nSPS) is 17.3. The zero-order valence-corrected chi connectivity index (χ0v) is 20.7. The molecular weight excluding hydrogens is 524 g/mol. The summed E-state index contributed by atoms with van der Waals surface area (Å²) in [6.45, 7) is -0.622. The number of likely N-dealkylation sites (tertiary alicyclic amines) is 1. The first kappa shape index (κ1) is 24.8. The SMILES string of the molecule is NC(=O)c1nn(CC(=O)N2CC(F)CC2C(=O)Nc2cccc(-c3ccccc3Cl)c2F)c2ccsc12. The zero-order valence-electron chi connectivity index (χ0n) is 19.2. The van der Waals surface area contributed by atoms with E-state index in [-0.39, 0.29) is 36.5 Å². The van der Waals surface area contributed by atoms with Gasteiger partial charge >= 0.3 is 0 Å². The summed E-state index contributed by atoms with van der Waals surface area (Å²) in [5, 5.41) is 8.69. The number of rotatable bonds is 6. The van der Waals surface area contributed by atoms with Crippen molar-refractivity contribution >= 4 is 56.6 Å². The van der Waals surface area contributed by atoms with Crippen LogP contribution < -0.4 is 11.1 Å². The third-order valence-corrected chi connectivity index (χ3v) is 7.41. The molecule has 0 saturated carbocycles. The number of amides is 3. The molecule has 12 heteroatoms. The summed E-state index contributed by atoms with van der Waals surface area (Å²) in [6.07, 6.45) is -1.66. The molecule has 2 aromatic carbocycles. The van der Waals surface area contributed by atoms with Crippen LogP contribution in [0.2, 0.25) is 5.02 Å². The average molecular weight is 544 g/mol. The molecule has 8 nitrogen and oxygen atoms in total. The maximum absolute atomic E-state index is 15.3. The number of hydrogen-bond donors (Lipinski definition) is 2. The Morgan fingerprint density at radius 3 is 2.65 bits per heavy atom. The van der Waals surface area contributed by atoms with Crippen molar-refractivity contribution in [3.63, 3.8) is 0 Å². The fourth-order valence-corrected chi connectivity index (χ4v) is 5.56. The van der Waals surface area contributed by atoms with Crippen LogP contribution in [0.4, 0.5) is 14.5 Å². The number of benzene rings is 2. The van der Waals surface area contributed by atoms with E-state index in [2.05, 4.69) is 10.4 Å². The predicted octanol–water partition coefficient (Wildman–Crippen LogP) is 4.23. The van der Waals surface area contributed by atoms with Gasteiger partial charge in [-0.25, -0.2) is 8.78 Å². The summed E-state index contributed by atoms with van der Waals surface area (Å²) in [7, 11) is 0. The van der Waals surface area contributed by atoms with Crippen molar-refractivity contribution < 1.29 is 23.2 Å². The smallest absolute Gasteiger partial charge is 0.270 e. The molecule has 1 aliphatic heterocycles. The van der Waals surface area contributed by atoms with Crippen molar-refractivity contribution in [3.05, 3.63) is 70.4 Å². The molecule has 2 atom stereocenters. The summed E-state index contributed by atoms with van der Waals surface area (Å²) < 4.78 is 31.6. The number of carbonyl (C=O) groups excluding carboxylic acids is 3. The lowest BCUT2D eigenvalue weighted by Crippen LogP contribution is -2.44. The van der Waals surface area contributed by atoms with E-state index in [1.807, 2.05) is 0 Å². The van der Waals surface area contributed by atoms with Crippen molar-refractivity contribution in [2.75, 3.05) is 11.9 Å². The Morgan fingerprint density at radius 2 is 1.89 bits per heavy atom. The predicted molar refractivity (Wildman–Crippen MR) is 137 cm³/mol. The number of fused-ring (bicyclic) bond motifs is 1. The highest BCUT2D eigenvalue weighted by atomic mass is 35.5. The Bertz CT molecular complexity index is 1540. The molecule has 190 valence electrons. The van der Waals surface area contributed by atoms with E-state index in [9.17, 15) is 18.8 Å². The van der Waals surface area contributed by atoms with Crippen LogP contribution in [0.15, 0.2) is 53.9 Å². The average Bonchev–Trinajstić information content (AvgIpc) is 3.57. The van der Waals surface area contributed by atoms with E-state index in [1.165, 1.54) is 28.2 Å². The molecule has 37 heavy (non-hydrogen) atoms. The maximum Gasteiger partial charge on any atom is 0.270 e. The third-order valence-electron chi connectivity index (χ3n) is 6.17. The maximum atomic E-state index is 15.3. The molecule has 0 spiro atoms. The van der Waals surface area contributed by atoms with E-state index in [4.69, 9.17) is 17.3 Å². The standard InChI is InChI=1S/C25H20ClF2N5O3S/c26-16-6-2-1-4-14(16)15-5-3-7-17(21(15)28)30-25(36)19-10-13(27)11-32(19)20(34)12-33-18-8-9-37-23(18)22(31-33)24(29)35/h1-9,13,19H,10-12H2,(H2,29,35)(H,30,36). The fourth-order valence-electron chi connectivity index (χ4n) is 4.44. The summed E-state index contributed by atoms with van der Waals surface area (Å²) in [4.78, 5) is 39.1. The second kappa shape index (κ2) is 9.91. The number of thiophene rings is 1. The number of primary amides is 1. The Balaban J connectivity index is 1.37. The van der Waals surface area contributed by atoms with Crippen molar-refractivity contribution in [2.24, 2.45) is 5.73 Å². The molecule has 2 unspecified atom stereocenters. The number of carbonyl (C=O) groups is 3. The van der Waals surface area contributed by atoms with E-state index in [1.54, 1.807) is 41.8 Å². The van der Waals surface area contributed by atoms with Gasteiger partial charge in [-0.1, -0.05) is 41.9 Å². The summed E-state index contributed by atoms with van der Waals surface area (Å²) in [5.41, 5.74) is 6.47. The molecule has 1 aliphatic rings. The topological polar surface area (TPSA) is 110 Å². The highest BCUT2D eigenvalue weighted by Gasteiger charge is 2.40. The molecule has 0 radical (unpaired) electrons. The summed E-state index contributed by atoms with van der Waals surface area (Å²) >= 11 is 7.46. The minimum absolute atomic E-state index is 0.0331. The quantitative estimate of drug-likeness (QED) is 0.379. The van der Waals surface area contributed by atoms with E-state index >= 15 is 4.39 Å². The van der Waals surface area contributed by atoms with Crippen molar-refractivity contribution in [3.8, 4) is 11.1 Å². The van der Waals surface area contributed by atoms with Gasteiger partial charge in [0.15, 0.2) is 11.5 Å². The number of aromatic nitrogens is 2. The first-order valence-electron chi connectivity index (χ1n) is 11.3. The van der Waals surface area contributed by atoms with Gasteiger partial charge in [-0.05, 0) is 23.6 Å². The van der Waals surface area contributed by atoms with Crippen LogP contribution in [0.3, 0.4) is 0 Å². The number of anilines is 1. The molecule has 1 saturated heterocycles. The molecule has 2 aromatic heterocycles. The Kier molecular flexibility index (Phi) is 6.65. The Labute approximate surface area is 218 Å². The molecular formula is C25H20ClF2N5O3S. The van der Waals surface area contributed by atoms with Crippen LogP contribution >= 0.6 is 22.9 Å². The van der Waals surface area contributed by atoms with Crippen LogP contribution in [0.5, 0.6) is 0 Å². The lowest BCUT2D eigenvalue weighted by molar-refractivity contribution is -0.137. The third kappa shape index (κ3) is 4.67. The van der Waals surface area contributed by atoms with Crippen LogP contribution in [-0.4, -0.2) is 51.2 Å². The van der Waals surface area contributed by atoms with Gasteiger partial charge in [0.1, 0.15) is 18.8 Å². The molecule has 3 amide bonds. The highest BCUT2D eigenvalue weighted by molar-refractivity contribution is 7.17. The van der Waals surface area contributed by atoms with Crippen LogP contribution in [0.25, 0.3) is 21.3 Å². The second-order valence-electron chi connectivity index (χ2n) is 8.54. The second-order valence-corrected chi connectivity index (χ2v) is 9.86. The fraction of sp³-hybridized carbons (Fsp3) is 0.200. The largest absolute Gasteiger partial charge is 0.364 e. The monoisotopic (exact) mass is 543 g/mol. The number of nitrogens with two attached hydrogens (primary N) is 1. The first-order valence-corrected chi connectivity index (χ1v) is 12.5. The van der Waals surface area contributed by atoms with Crippen LogP contribution in [0, 0.1) is 5.82 Å². The van der Waals surface area contributed by atoms with Gasteiger partial charge in [0.25, 0.3) is 5.91 Å². The van der Waals surface area contributed by atoms with Crippen molar-refractivity contribution in [1.82, 2.24) is 14.7 Å². The Morgan fingerprint density at radius 1 is 1.14 bits per heavy atom. The molecule has 0 aliphatic carbocycles. The number of alkyl halides is 1. The lowest BCUT2D eigenvalue weighted by atomic mass is 10.0. The van der Waals surface area contributed by atoms with Crippen molar-refractivity contribution in [1.29, 1.82) is 0 Å². The van der Waals surface area contributed by atoms with Gasteiger partial charge in [-0.2, -0.15) is 5.10 Å². The minimum Gasteiger partial charge on any atom is -0.364 e. The van der Waals surface area contributed by atoms with Crippen LogP contribution in [0.1, 0.15) is 16.9 Å². The van der Waals surface area contributed by atoms with E-state index < -0.39 is 35.8 Å². The molecule has 1 fully saturated rings. The van der Waals surface area contributed by atoms with Crippen LogP contribution in [-0.2, 0) is 16.1 Å². The highest BCUT2D eigenvalue weighted by Crippen LogP contribution is 2.33. The van der Waals surface area contributed by atoms with Gasteiger partial charge in [-0.3, -0.25) is 19.1 Å². The van der Waals surface area contributed by atoms with Gasteiger partial charge in [0, 0.05) is 22.6 Å². The molecule has 3 heterocycles. The van der Waals surface area contributed by atoms with Gasteiger partial charge in [0.05, 0.1) is 22.4 Å². The Hall–Kier alpha value is -3.83. The number of halogens is 3. The van der Waals surface area contributed by atoms with Gasteiger partial charge in [-0.15, -0.1) is 11.3 Å². The van der Waals surface area contributed by atoms with Gasteiger partial charge in [0.2, 0.25) is 11.8 Å². The van der Waals surface area contributed by atoms with E-state index in [0.29, 0.717) is 20.8 Å². The molecule has 4 aromatic rings. The number of hydrogen-bond acceptors (Lipinski definition) is 5. The van der Waals surface area contributed by atoms with E-state index in [0.717, 1.165) is 4.90 Å². The zero-order chi connectivity index (χ0) is 26.3. The first-order chi connectivity index (χ1) is 17.7. The summed E-state index contributed by atoms with van der Waals surface area (Å²) in [5.74, 6) is -2.73.